The van der Waals surface area contributed by atoms with Crippen LogP contribution in [0.25, 0.3) is 0 Å². The quantitative estimate of drug-likeness (QED) is 0.697. The molecule has 1 aromatic heterocycles. The first-order valence-corrected chi connectivity index (χ1v) is 4.13. The zero-order valence-electron chi connectivity index (χ0n) is 8.75. The first-order valence-electron chi connectivity index (χ1n) is 4.13. The minimum absolute atomic E-state index is 0.334. The lowest BCUT2D eigenvalue weighted by Crippen LogP contribution is -2.41. The highest BCUT2D eigenvalue weighted by atomic mass is 19.4. The lowest BCUT2D eigenvalue weighted by Gasteiger charge is -2.15. The van der Waals surface area contributed by atoms with Crippen LogP contribution in [0.2, 0.25) is 0 Å². The molecule has 16 heavy (non-hydrogen) atoms. The minimum Gasteiger partial charge on any atom is -0.490 e. The van der Waals surface area contributed by atoms with Crippen molar-refractivity contribution in [3.63, 3.8) is 0 Å². The van der Waals surface area contributed by atoms with Crippen molar-refractivity contribution in [3.05, 3.63) is 26.5 Å². The van der Waals surface area contributed by atoms with E-state index in [4.69, 9.17) is 0 Å². The molecule has 0 N–H and O–H groups in total. The van der Waals surface area contributed by atoms with Crippen molar-refractivity contribution >= 4 is 0 Å². The van der Waals surface area contributed by atoms with Gasteiger partial charge in [0.15, 0.2) is 5.69 Å². The van der Waals surface area contributed by atoms with Gasteiger partial charge >= 0.3 is 11.9 Å². The SMILES string of the molecule is COc1c(C(F)(F)F)n(C)c(=O)n(C)c1=O. The summed E-state index contributed by atoms with van der Waals surface area (Å²) in [4.78, 5) is 22.7. The summed E-state index contributed by atoms with van der Waals surface area (Å²) in [5, 5.41) is 0. The Morgan fingerprint density at radius 1 is 1.12 bits per heavy atom. The third kappa shape index (κ3) is 1.70. The number of rotatable bonds is 1. The fourth-order valence-corrected chi connectivity index (χ4v) is 1.32. The number of methoxy groups -OCH3 is 1. The highest BCUT2D eigenvalue weighted by molar-refractivity contribution is 5.27. The molecule has 0 aliphatic heterocycles. The predicted octanol–water partition coefficient (Wildman–Crippen LogP) is 0.111. The molecule has 0 saturated carbocycles. The number of aromatic nitrogens is 2. The van der Waals surface area contributed by atoms with Crippen molar-refractivity contribution in [2.75, 3.05) is 7.11 Å². The van der Waals surface area contributed by atoms with E-state index in [1.165, 1.54) is 0 Å². The molecule has 0 amide bonds. The van der Waals surface area contributed by atoms with Crippen LogP contribution in [0.15, 0.2) is 9.59 Å². The fourth-order valence-electron chi connectivity index (χ4n) is 1.32. The van der Waals surface area contributed by atoms with Crippen molar-refractivity contribution in [2.24, 2.45) is 14.1 Å². The van der Waals surface area contributed by atoms with E-state index in [9.17, 15) is 22.8 Å². The normalized spacial score (nSPS) is 11.6. The lowest BCUT2D eigenvalue weighted by molar-refractivity contribution is -0.145. The number of hydrogen-bond acceptors (Lipinski definition) is 3. The molecule has 5 nitrogen and oxygen atoms in total. The molecule has 0 fully saturated rings. The molecule has 8 heteroatoms. The van der Waals surface area contributed by atoms with Crippen molar-refractivity contribution in [1.82, 2.24) is 9.13 Å². The van der Waals surface area contributed by atoms with E-state index < -0.39 is 28.9 Å². The molecule has 0 aromatic carbocycles. The topological polar surface area (TPSA) is 53.2 Å². The van der Waals surface area contributed by atoms with Gasteiger partial charge in [0.1, 0.15) is 0 Å². The van der Waals surface area contributed by atoms with E-state index in [1.54, 1.807) is 0 Å². The lowest BCUT2D eigenvalue weighted by atomic mass is 10.3. The van der Waals surface area contributed by atoms with Crippen LogP contribution in [0.5, 0.6) is 5.75 Å². The van der Waals surface area contributed by atoms with Crippen molar-refractivity contribution in [2.45, 2.75) is 6.18 Å². The number of nitrogens with zero attached hydrogens (tertiary/aromatic N) is 2. The zero-order valence-corrected chi connectivity index (χ0v) is 8.75. The van der Waals surface area contributed by atoms with Crippen LogP contribution in [-0.4, -0.2) is 16.2 Å². The van der Waals surface area contributed by atoms with Crippen LogP contribution < -0.4 is 16.0 Å². The Kier molecular flexibility index (Phi) is 2.85. The van der Waals surface area contributed by atoms with Gasteiger partial charge in [0.05, 0.1) is 7.11 Å². The van der Waals surface area contributed by atoms with Crippen LogP contribution in [0.3, 0.4) is 0 Å². The molecular weight excluding hydrogens is 229 g/mol. The van der Waals surface area contributed by atoms with Crippen LogP contribution >= 0.6 is 0 Å². The summed E-state index contributed by atoms with van der Waals surface area (Å²) >= 11 is 0. The highest BCUT2D eigenvalue weighted by Crippen LogP contribution is 2.32. The van der Waals surface area contributed by atoms with E-state index in [0.717, 1.165) is 21.2 Å². The molecule has 0 bridgehead atoms. The van der Waals surface area contributed by atoms with Gasteiger partial charge in [-0.2, -0.15) is 13.2 Å². The van der Waals surface area contributed by atoms with Gasteiger partial charge < -0.3 is 4.74 Å². The van der Waals surface area contributed by atoms with Crippen LogP contribution in [0, 0.1) is 0 Å². The second-order valence-corrected chi connectivity index (χ2v) is 3.09. The van der Waals surface area contributed by atoms with Crippen molar-refractivity contribution < 1.29 is 17.9 Å². The molecule has 0 aliphatic rings. The maximum Gasteiger partial charge on any atom is 0.435 e. The summed E-state index contributed by atoms with van der Waals surface area (Å²) in [6.07, 6.45) is -4.83. The molecule has 0 atom stereocenters. The first-order chi connectivity index (χ1) is 7.21. The van der Waals surface area contributed by atoms with Gasteiger partial charge in [0.25, 0.3) is 5.56 Å². The molecule has 90 valence electrons. The summed E-state index contributed by atoms with van der Waals surface area (Å²) in [5.74, 6) is -0.892. The van der Waals surface area contributed by atoms with E-state index >= 15 is 0 Å². The third-order valence-electron chi connectivity index (χ3n) is 2.10. The smallest absolute Gasteiger partial charge is 0.435 e. The van der Waals surface area contributed by atoms with Gasteiger partial charge in [-0.1, -0.05) is 0 Å². The molecule has 0 unspecified atom stereocenters. The maximum atomic E-state index is 12.6. The van der Waals surface area contributed by atoms with E-state index in [-0.39, 0.29) is 0 Å². The summed E-state index contributed by atoms with van der Waals surface area (Å²) in [7, 11) is 2.94. The molecular formula is C8H9F3N2O3. The maximum absolute atomic E-state index is 12.6. The zero-order chi connectivity index (χ0) is 12.7. The number of ether oxygens (including phenoxy) is 1. The Labute approximate surface area is 87.7 Å². The van der Waals surface area contributed by atoms with Crippen LogP contribution in [0.1, 0.15) is 5.69 Å². The van der Waals surface area contributed by atoms with Gasteiger partial charge in [-0.05, 0) is 0 Å². The number of halogens is 3. The van der Waals surface area contributed by atoms with Gasteiger partial charge in [-0.3, -0.25) is 13.9 Å². The Hall–Kier alpha value is -1.73. The Morgan fingerprint density at radius 2 is 1.62 bits per heavy atom. The van der Waals surface area contributed by atoms with E-state index in [0.29, 0.717) is 9.13 Å². The fraction of sp³-hybridized carbons (Fsp3) is 0.500. The predicted molar refractivity (Wildman–Crippen MR) is 48.5 cm³/mol. The Bertz CT molecular complexity index is 527. The number of alkyl halides is 3. The van der Waals surface area contributed by atoms with Crippen molar-refractivity contribution in [1.29, 1.82) is 0 Å². The standard InChI is InChI=1S/C8H9F3N2O3/c1-12-5(8(9,10)11)4(16-3)6(14)13(2)7(12)15/h1-3H3. The molecule has 1 heterocycles. The van der Waals surface area contributed by atoms with Gasteiger partial charge in [0.2, 0.25) is 5.75 Å². The van der Waals surface area contributed by atoms with Gasteiger partial charge in [-0.15, -0.1) is 0 Å². The average Bonchev–Trinajstić information content (AvgIpc) is 2.18. The average molecular weight is 238 g/mol. The van der Waals surface area contributed by atoms with Gasteiger partial charge in [-0.25, -0.2) is 4.79 Å². The summed E-state index contributed by atoms with van der Waals surface area (Å²) < 4.78 is 43.1. The first kappa shape index (κ1) is 12.3. The monoisotopic (exact) mass is 238 g/mol. The Morgan fingerprint density at radius 3 is 2.00 bits per heavy atom. The molecule has 1 rings (SSSR count). The summed E-state index contributed by atoms with van der Waals surface area (Å²) in [5.41, 5.74) is -3.56. The second-order valence-electron chi connectivity index (χ2n) is 3.09. The van der Waals surface area contributed by atoms with Crippen LogP contribution in [-0.2, 0) is 20.3 Å². The molecule has 0 spiro atoms. The number of hydrogen-bond donors (Lipinski definition) is 0. The van der Waals surface area contributed by atoms with E-state index in [1.807, 2.05) is 0 Å². The summed E-state index contributed by atoms with van der Waals surface area (Å²) in [6, 6.07) is 0. The molecule has 0 aliphatic carbocycles. The van der Waals surface area contributed by atoms with E-state index in [2.05, 4.69) is 4.74 Å². The van der Waals surface area contributed by atoms with Crippen molar-refractivity contribution in [3.8, 4) is 5.75 Å². The third-order valence-corrected chi connectivity index (χ3v) is 2.10. The Balaban J connectivity index is 3.87. The van der Waals surface area contributed by atoms with Crippen LogP contribution in [0.4, 0.5) is 13.2 Å². The largest absolute Gasteiger partial charge is 0.490 e. The molecule has 0 saturated heterocycles. The second kappa shape index (κ2) is 3.69. The van der Waals surface area contributed by atoms with Gasteiger partial charge in [0, 0.05) is 14.1 Å². The molecule has 1 aromatic rings. The molecule has 0 radical (unpaired) electrons. The summed E-state index contributed by atoms with van der Waals surface area (Å²) in [6.45, 7) is 0. The highest BCUT2D eigenvalue weighted by Gasteiger charge is 2.39. The minimum atomic E-state index is -4.83.